The van der Waals surface area contributed by atoms with Crippen LogP contribution in [0.5, 0.6) is 0 Å². The van der Waals surface area contributed by atoms with Crippen LogP contribution in [0.4, 0.5) is 0 Å². The predicted molar refractivity (Wildman–Crippen MR) is 65.1 cm³/mol. The van der Waals surface area contributed by atoms with Gasteiger partial charge in [-0.05, 0) is 18.9 Å². The highest BCUT2D eigenvalue weighted by molar-refractivity contribution is 5.98. The minimum Gasteiger partial charge on any atom is -0.454 e. The van der Waals surface area contributed by atoms with Gasteiger partial charge in [-0.3, -0.25) is 19.2 Å². The summed E-state index contributed by atoms with van der Waals surface area (Å²) in [6, 6.07) is 0. The lowest BCUT2D eigenvalue weighted by Crippen LogP contribution is -2.55. The minimum absolute atomic E-state index is 0.280. The van der Waals surface area contributed by atoms with Crippen molar-refractivity contribution in [1.29, 1.82) is 0 Å². The number of fused-ring (bicyclic) bond motifs is 1. The van der Waals surface area contributed by atoms with Crippen molar-refractivity contribution in [2.45, 2.75) is 32.3 Å². The van der Waals surface area contributed by atoms with Gasteiger partial charge < -0.3 is 14.2 Å². The normalized spacial score (nSPS) is 36.7. The van der Waals surface area contributed by atoms with E-state index in [0.29, 0.717) is 12.8 Å². The quantitative estimate of drug-likeness (QED) is 0.415. The molecule has 4 atom stereocenters. The molecule has 0 unspecified atom stereocenters. The van der Waals surface area contributed by atoms with Crippen molar-refractivity contribution in [3.05, 3.63) is 11.8 Å². The van der Waals surface area contributed by atoms with E-state index >= 15 is 0 Å². The van der Waals surface area contributed by atoms with Gasteiger partial charge in [0.1, 0.15) is 17.3 Å². The Kier molecular flexibility index (Phi) is 2.89. The topological polar surface area (TPSA) is 96.0 Å². The summed E-state index contributed by atoms with van der Waals surface area (Å²) in [5.74, 6) is -4.16. The van der Waals surface area contributed by atoms with E-state index < -0.39 is 47.2 Å². The smallest absolute Gasteiger partial charge is 0.321 e. The number of carbonyl (C=O) groups is 4. The van der Waals surface area contributed by atoms with Crippen LogP contribution in [0.15, 0.2) is 11.8 Å². The van der Waals surface area contributed by atoms with Crippen LogP contribution >= 0.6 is 0 Å². The standard InChI is InChI=1S/C14H14O7/c1-6(15)19-9-5-14(21-7(2)16)4-3-8(9)10-11(14)13(18)20-12(10)17/h5,8,10-11H,3-4H2,1-2H3/t8-,10-,11-,14+/m1/s1. The van der Waals surface area contributed by atoms with Crippen molar-refractivity contribution in [1.82, 2.24) is 0 Å². The molecule has 21 heavy (non-hydrogen) atoms. The van der Waals surface area contributed by atoms with Gasteiger partial charge in [0, 0.05) is 19.8 Å². The van der Waals surface area contributed by atoms with Crippen LogP contribution in [-0.4, -0.2) is 29.5 Å². The van der Waals surface area contributed by atoms with E-state index in [0.717, 1.165) is 0 Å². The highest BCUT2D eigenvalue weighted by atomic mass is 16.6. The Balaban J connectivity index is 2.08. The Morgan fingerprint density at radius 2 is 1.95 bits per heavy atom. The van der Waals surface area contributed by atoms with Crippen LogP contribution in [-0.2, 0) is 33.4 Å². The zero-order valence-electron chi connectivity index (χ0n) is 11.6. The van der Waals surface area contributed by atoms with Crippen molar-refractivity contribution < 1.29 is 33.4 Å². The molecule has 0 N–H and O–H groups in total. The first-order valence-electron chi connectivity index (χ1n) is 6.70. The van der Waals surface area contributed by atoms with Crippen LogP contribution in [0.2, 0.25) is 0 Å². The zero-order valence-corrected chi connectivity index (χ0v) is 11.6. The number of esters is 4. The molecule has 112 valence electrons. The number of hydrogen-bond acceptors (Lipinski definition) is 7. The molecule has 1 saturated heterocycles. The van der Waals surface area contributed by atoms with Gasteiger partial charge in [-0.2, -0.15) is 0 Å². The van der Waals surface area contributed by atoms with Gasteiger partial charge in [0.25, 0.3) is 0 Å². The first-order chi connectivity index (χ1) is 9.84. The Labute approximate surface area is 120 Å². The summed E-state index contributed by atoms with van der Waals surface area (Å²) < 4.78 is 15.2. The Bertz CT molecular complexity index is 590. The molecule has 0 aromatic rings. The molecule has 2 bridgehead atoms. The Morgan fingerprint density at radius 3 is 2.57 bits per heavy atom. The molecule has 2 fully saturated rings. The molecular weight excluding hydrogens is 280 g/mol. The van der Waals surface area contributed by atoms with Gasteiger partial charge in [-0.1, -0.05) is 0 Å². The average molecular weight is 294 g/mol. The first kappa shape index (κ1) is 13.8. The lowest BCUT2D eigenvalue weighted by atomic mass is 9.59. The van der Waals surface area contributed by atoms with Crippen LogP contribution in [0.1, 0.15) is 26.7 Å². The molecule has 1 heterocycles. The second-order valence-corrected chi connectivity index (χ2v) is 5.58. The predicted octanol–water partition coefficient (Wildman–Crippen LogP) is 0.475. The Hall–Kier alpha value is -2.18. The molecule has 4 aliphatic rings. The molecular formula is C14H14O7. The fourth-order valence-electron chi connectivity index (χ4n) is 3.64. The van der Waals surface area contributed by atoms with Gasteiger partial charge >= 0.3 is 23.9 Å². The summed E-state index contributed by atoms with van der Waals surface area (Å²) in [4.78, 5) is 46.5. The summed E-state index contributed by atoms with van der Waals surface area (Å²) in [5, 5.41) is 0. The van der Waals surface area contributed by atoms with Gasteiger partial charge in [0.15, 0.2) is 0 Å². The third-order valence-corrected chi connectivity index (χ3v) is 4.24. The SMILES string of the molecule is CC(=O)OC1=C[C@@]2(OC(C)=O)CC[C@H]1[C@H]1C(=O)OC(=O)[C@@H]12. The molecule has 1 saturated carbocycles. The molecule has 0 aromatic heterocycles. The van der Waals surface area contributed by atoms with Gasteiger partial charge in [0.2, 0.25) is 0 Å². The molecule has 1 aliphatic heterocycles. The Morgan fingerprint density at radius 1 is 1.24 bits per heavy atom. The average Bonchev–Trinajstić information content (AvgIpc) is 2.65. The third-order valence-electron chi connectivity index (χ3n) is 4.24. The van der Waals surface area contributed by atoms with E-state index in [-0.39, 0.29) is 5.76 Å². The second-order valence-electron chi connectivity index (χ2n) is 5.58. The van der Waals surface area contributed by atoms with Crippen LogP contribution < -0.4 is 0 Å². The lowest BCUT2D eigenvalue weighted by molar-refractivity contribution is -0.172. The maximum atomic E-state index is 12.0. The monoisotopic (exact) mass is 294 g/mol. The van der Waals surface area contributed by atoms with Crippen LogP contribution in [0, 0.1) is 17.8 Å². The second kappa shape index (κ2) is 4.41. The first-order valence-corrected chi connectivity index (χ1v) is 6.70. The summed E-state index contributed by atoms with van der Waals surface area (Å²) in [5.41, 5.74) is -1.26. The van der Waals surface area contributed by atoms with Crippen molar-refractivity contribution in [3.8, 4) is 0 Å². The largest absolute Gasteiger partial charge is 0.454 e. The molecule has 4 rings (SSSR count). The maximum absolute atomic E-state index is 12.0. The highest BCUT2D eigenvalue weighted by Crippen LogP contribution is 2.55. The van der Waals surface area contributed by atoms with Crippen molar-refractivity contribution in [2.75, 3.05) is 0 Å². The fourth-order valence-corrected chi connectivity index (χ4v) is 3.64. The van der Waals surface area contributed by atoms with Gasteiger partial charge in [0.05, 0.1) is 5.92 Å². The van der Waals surface area contributed by atoms with Crippen molar-refractivity contribution in [3.63, 3.8) is 0 Å². The molecule has 0 amide bonds. The summed E-state index contributed by atoms with van der Waals surface area (Å²) in [6.45, 7) is 2.48. The minimum atomic E-state index is -1.26. The van der Waals surface area contributed by atoms with E-state index in [1.807, 2.05) is 0 Å². The van der Waals surface area contributed by atoms with E-state index in [1.54, 1.807) is 0 Å². The lowest BCUT2D eigenvalue weighted by Gasteiger charge is -2.47. The fraction of sp³-hybridized carbons (Fsp3) is 0.571. The summed E-state index contributed by atoms with van der Waals surface area (Å²) >= 11 is 0. The van der Waals surface area contributed by atoms with Crippen molar-refractivity contribution in [2.24, 2.45) is 17.8 Å². The highest BCUT2D eigenvalue weighted by Gasteiger charge is 2.66. The molecule has 3 aliphatic carbocycles. The van der Waals surface area contributed by atoms with Crippen molar-refractivity contribution >= 4 is 23.9 Å². The number of rotatable bonds is 2. The number of cyclic esters (lactones) is 2. The van der Waals surface area contributed by atoms with Gasteiger partial charge in [-0.15, -0.1) is 0 Å². The zero-order chi connectivity index (χ0) is 15.4. The summed E-state index contributed by atoms with van der Waals surface area (Å²) in [7, 11) is 0. The molecule has 7 nitrogen and oxygen atoms in total. The number of carbonyl (C=O) groups excluding carboxylic acids is 4. The van der Waals surface area contributed by atoms with E-state index in [1.165, 1.54) is 19.9 Å². The molecule has 0 aromatic carbocycles. The van der Waals surface area contributed by atoms with Crippen LogP contribution in [0.25, 0.3) is 0 Å². The number of hydrogen-bond donors (Lipinski definition) is 0. The van der Waals surface area contributed by atoms with Crippen LogP contribution in [0.3, 0.4) is 0 Å². The molecule has 0 radical (unpaired) electrons. The van der Waals surface area contributed by atoms with Gasteiger partial charge in [-0.25, -0.2) is 0 Å². The van der Waals surface area contributed by atoms with E-state index in [4.69, 9.17) is 14.2 Å². The number of ether oxygens (including phenoxy) is 3. The maximum Gasteiger partial charge on any atom is 0.321 e. The van der Waals surface area contributed by atoms with E-state index in [9.17, 15) is 19.2 Å². The molecule has 7 heteroatoms. The summed E-state index contributed by atoms with van der Waals surface area (Å²) in [6.07, 6.45) is 2.37. The molecule has 0 spiro atoms. The van der Waals surface area contributed by atoms with E-state index in [2.05, 4.69) is 0 Å². The third kappa shape index (κ3) is 1.95. The number of allylic oxidation sites excluding steroid dienone is 1.